The lowest BCUT2D eigenvalue weighted by Gasteiger charge is -2.25. The van der Waals surface area contributed by atoms with Crippen LogP contribution in [0.4, 0.5) is 18.9 Å². The fraction of sp³-hybridized carbons (Fsp3) is 0.467. The van der Waals surface area contributed by atoms with Gasteiger partial charge in [0, 0.05) is 11.6 Å². The standard InChI is InChI=1S/C13H15ClN4O.C2HF3O2/c14-10-3-5-11(6-4-10)18-16-13(9-19-18)17-7-1-2-12(17)8-15;3-2(4,5)1(6)7/h3-6,12-13,16H,1-2,7,9H2;(H,6,7). The largest absolute Gasteiger partial charge is 0.490 e. The number of benzene rings is 1. The molecule has 2 N–H and O–H groups in total. The molecule has 0 radical (unpaired) electrons. The van der Waals surface area contributed by atoms with Gasteiger partial charge in [-0.15, -0.1) is 0 Å². The van der Waals surface area contributed by atoms with E-state index in [-0.39, 0.29) is 12.2 Å². The maximum Gasteiger partial charge on any atom is 0.490 e. The number of aliphatic carboxylic acids is 1. The second-order valence-corrected chi connectivity index (χ2v) is 5.98. The Bertz CT molecular complexity index is 666. The zero-order chi connectivity index (χ0) is 19.3. The number of carbonyl (C=O) groups is 1. The quantitative estimate of drug-likeness (QED) is 0.799. The van der Waals surface area contributed by atoms with Gasteiger partial charge in [0.2, 0.25) is 0 Å². The van der Waals surface area contributed by atoms with Gasteiger partial charge in [-0.05, 0) is 37.1 Å². The molecule has 26 heavy (non-hydrogen) atoms. The minimum Gasteiger partial charge on any atom is -0.475 e. The Kier molecular flexibility index (Phi) is 6.66. The molecule has 2 saturated heterocycles. The van der Waals surface area contributed by atoms with Crippen LogP contribution in [0.15, 0.2) is 24.3 Å². The van der Waals surface area contributed by atoms with E-state index in [4.69, 9.17) is 31.6 Å². The average molecular weight is 393 g/mol. The summed E-state index contributed by atoms with van der Waals surface area (Å²) in [6, 6.07) is 9.77. The second kappa shape index (κ2) is 8.55. The maximum absolute atomic E-state index is 10.6. The molecule has 2 heterocycles. The smallest absolute Gasteiger partial charge is 0.475 e. The summed E-state index contributed by atoms with van der Waals surface area (Å²) in [4.78, 5) is 16.7. The van der Waals surface area contributed by atoms with Crippen LogP contribution in [0.1, 0.15) is 12.8 Å². The topological polar surface area (TPSA) is 88.8 Å². The number of rotatable bonds is 2. The van der Waals surface area contributed by atoms with Crippen LogP contribution in [0.3, 0.4) is 0 Å². The first-order chi connectivity index (χ1) is 12.2. The summed E-state index contributed by atoms with van der Waals surface area (Å²) in [5, 5.41) is 18.6. The molecule has 7 nitrogen and oxygen atoms in total. The molecule has 2 aliphatic rings. The van der Waals surface area contributed by atoms with E-state index < -0.39 is 12.1 Å². The van der Waals surface area contributed by atoms with Crippen molar-refractivity contribution in [3.05, 3.63) is 29.3 Å². The summed E-state index contributed by atoms with van der Waals surface area (Å²) < 4.78 is 31.7. The van der Waals surface area contributed by atoms with Crippen molar-refractivity contribution in [3.63, 3.8) is 0 Å². The Labute approximate surface area is 152 Å². The molecule has 2 fully saturated rings. The Morgan fingerprint density at radius 1 is 1.38 bits per heavy atom. The molecule has 2 aliphatic heterocycles. The van der Waals surface area contributed by atoms with Gasteiger partial charge in [0.25, 0.3) is 0 Å². The van der Waals surface area contributed by atoms with Gasteiger partial charge in [0.05, 0.1) is 17.8 Å². The Hall–Kier alpha value is -2.06. The molecule has 0 bridgehead atoms. The van der Waals surface area contributed by atoms with Crippen molar-refractivity contribution in [2.45, 2.75) is 31.2 Å². The first-order valence-corrected chi connectivity index (χ1v) is 8.00. The lowest BCUT2D eigenvalue weighted by molar-refractivity contribution is -0.192. The fourth-order valence-electron chi connectivity index (χ4n) is 2.55. The summed E-state index contributed by atoms with van der Waals surface area (Å²) in [7, 11) is 0. The van der Waals surface area contributed by atoms with Crippen LogP contribution in [-0.4, -0.2) is 47.5 Å². The van der Waals surface area contributed by atoms with Crippen LogP contribution in [0.2, 0.25) is 5.02 Å². The zero-order valence-electron chi connectivity index (χ0n) is 13.4. The van der Waals surface area contributed by atoms with Crippen LogP contribution in [0, 0.1) is 11.3 Å². The van der Waals surface area contributed by atoms with Crippen LogP contribution in [-0.2, 0) is 9.63 Å². The van der Waals surface area contributed by atoms with Crippen LogP contribution in [0.5, 0.6) is 0 Å². The number of anilines is 1. The maximum atomic E-state index is 10.6. The molecule has 0 spiro atoms. The molecule has 2 unspecified atom stereocenters. The first-order valence-electron chi connectivity index (χ1n) is 7.62. The summed E-state index contributed by atoms with van der Waals surface area (Å²) in [5.41, 5.74) is 4.18. The molecule has 142 valence electrons. The van der Waals surface area contributed by atoms with Crippen molar-refractivity contribution in [1.82, 2.24) is 10.3 Å². The Morgan fingerprint density at radius 2 is 2.00 bits per heavy atom. The normalized spacial score (nSPS) is 23.3. The third kappa shape index (κ3) is 5.22. The van der Waals surface area contributed by atoms with Gasteiger partial charge in [0.15, 0.2) is 0 Å². The van der Waals surface area contributed by atoms with Crippen LogP contribution >= 0.6 is 11.6 Å². The highest BCUT2D eigenvalue weighted by atomic mass is 35.5. The third-order valence-electron chi connectivity index (χ3n) is 3.77. The number of alkyl halides is 3. The van der Waals surface area contributed by atoms with E-state index in [9.17, 15) is 13.2 Å². The lowest BCUT2D eigenvalue weighted by Crippen LogP contribution is -2.48. The summed E-state index contributed by atoms with van der Waals surface area (Å²) >= 11 is 5.86. The van der Waals surface area contributed by atoms with Crippen LogP contribution in [0.25, 0.3) is 0 Å². The molecule has 3 rings (SSSR count). The number of likely N-dealkylation sites (tertiary alicyclic amines) is 1. The van der Waals surface area contributed by atoms with Gasteiger partial charge in [-0.3, -0.25) is 9.74 Å². The number of hydrogen-bond acceptors (Lipinski definition) is 6. The zero-order valence-corrected chi connectivity index (χ0v) is 14.2. The van der Waals surface area contributed by atoms with Gasteiger partial charge in [-0.1, -0.05) is 11.6 Å². The van der Waals surface area contributed by atoms with Crippen molar-refractivity contribution >= 4 is 23.3 Å². The van der Waals surface area contributed by atoms with Crippen molar-refractivity contribution in [1.29, 1.82) is 5.26 Å². The van der Waals surface area contributed by atoms with Gasteiger partial charge < -0.3 is 5.11 Å². The number of carboxylic acids is 1. The molecule has 1 aromatic rings. The number of halogens is 4. The molecule has 2 atom stereocenters. The highest BCUT2D eigenvalue weighted by Crippen LogP contribution is 2.24. The van der Waals surface area contributed by atoms with E-state index in [0.29, 0.717) is 11.6 Å². The summed E-state index contributed by atoms with van der Waals surface area (Å²) in [5.74, 6) is -2.76. The predicted molar refractivity (Wildman–Crippen MR) is 85.8 cm³/mol. The molecule has 1 aromatic carbocycles. The van der Waals surface area contributed by atoms with E-state index in [1.807, 2.05) is 24.3 Å². The first kappa shape index (κ1) is 20.3. The summed E-state index contributed by atoms with van der Waals surface area (Å²) in [6.07, 6.45) is -3.02. The monoisotopic (exact) mass is 392 g/mol. The van der Waals surface area contributed by atoms with Crippen molar-refractivity contribution in [3.8, 4) is 6.07 Å². The second-order valence-electron chi connectivity index (χ2n) is 5.54. The van der Waals surface area contributed by atoms with E-state index >= 15 is 0 Å². The van der Waals surface area contributed by atoms with Gasteiger partial charge in [-0.25, -0.2) is 4.79 Å². The van der Waals surface area contributed by atoms with Crippen molar-refractivity contribution in [2.24, 2.45) is 0 Å². The SMILES string of the molecule is N#CC1CCCN1C1CON(c2ccc(Cl)cc2)N1.O=C(O)C(F)(F)F. The number of hydrazine groups is 1. The van der Waals surface area contributed by atoms with E-state index in [2.05, 4.69) is 16.4 Å². The van der Waals surface area contributed by atoms with E-state index in [0.717, 1.165) is 25.1 Å². The van der Waals surface area contributed by atoms with Crippen molar-refractivity contribution in [2.75, 3.05) is 18.3 Å². The van der Waals surface area contributed by atoms with Crippen molar-refractivity contribution < 1.29 is 27.9 Å². The highest BCUT2D eigenvalue weighted by Gasteiger charge is 2.38. The van der Waals surface area contributed by atoms with Crippen LogP contribution < -0.4 is 10.6 Å². The highest BCUT2D eigenvalue weighted by molar-refractivity contribution is 6.30. The van der Waals surface area contributed by atoms with E-state index in [1.165, 1.54) is 0 Å². The van der Waals surface area contributed by atoms with Gasteiger partial charge >= 0.3 is 12.1 Å². The minimum absolute atomic E-state index is 0.00809. The summed E-state index contributed by atoms with van der Waals surface area (Å²) in [6.45, 7) is 1.48. The molecule has 0 aromatic heterocycles. The lowest BCUT2D eigenvalue weighted by atomic mass is 10.2. The fourth-order valence-corrected chi connectivity index (χ4v) is 2.68. The molecule has 0 saturated carbocycles. The predicted octanol–water partition coefficient (Wildman–Crippen LogP) is 2.54. The third-order valence-corrected chi connectivity index (χ3v) is 4.03. The number of nitrogens with zero attached hydrogens (tertiary/aromatic N) is 3. The molecule has 0 aliphatic carbocycles. The molecule has 11 heteroatoms. The minimum atomic E-state index is -5.08. The Morgan fingerprint density at radius 3 is 2.54 bits per heavy atom. The number of nitrogens with one attached hydrogen (secondary N) is 1. The molecule has 0 amide bonds. The van der Waals surface area contributed by atoms with Gasteiger partial charge in [-0.2, -0.15) is 29.0 Å². The van der Waals surface area contributed by atoms with E-state index in [1.54, 1.807) is 5.17 Å². The van der Waals surface area contributed by atoms with Gasteiger partial charge in [0.1, 0.15) is 12.8 Å². The Balaban J connectivity index is 0.000000298. The molecular formula is C15H16ClF3N4O3. The molecular weight excluding hydrogens is 377 g/mol. The average Bonchev–Trinajstić information content (AvgIpc) is 3.24. The number of hydrogen-bond donors (Lipinski definition) is 2. The number of carboxylic acid groups (broad SMARTS) is 1. The number of nitriles is 1.